The molecule has 4 aliphatic rings. The summed E-state index contributed by atoms with van der Waals surface area (Å²) in [5, 5.41) is 7.84. The van der Waals surface area contributed by atoms with Gasteiger partial charge >= 0.3 is 5.97 Å². The number of fused-ring (bicyclic) bond motifs is 3. The molecule has 292 valence electrons. The van der Waals surface area contributed by atoms with Crippen molar-refractivity contribution in [3.8, 4) is 0 Å². The summed E-state index contributed by atoms with van der Waals surface area (Å²) in [6.07, 6.45) is 8.32. The molecule has 6 amide bonds. The van der Waals surface area contributed by atoms with Gasteiger partial charge in [0.25, 0.3) is 0 Å². The number of piperidine rings is 1. The van der Waals surface area contributed by atoms with Gasteiger partial charge < -0.3 is 35.4 Å². The fourth-order valence-electron chi connectivity index (χ4n) is 7.55. The molecule has 4 heterocycles. The average molecular weight is 755 g/mol. The molecule has 0 aromatic heterocycles. The Kier molecular flexibility index (Phi) is 13.5. The number of hydrogen-bond acceptors (Lipinski definition) is 8. The van der Waals surface area contributed by atoms with Gasteiger partial charge in [0.15, 0.2) is 0 Å². The Balaban J connectivity index is 1.46. The van der Waals surface area contributed by atoms with Crippen LogP contribution in [-0.4, -0.2) is 119 Å². The molecule has 0 bridgehead atoms. The molecule has 14 nitrogen and oxygen atoms in total. The van der Waals surface area contributed by atoms with Crippen molar-refractivity contribution in [3.63, 3.8) is 0 Å². The molecule has 0 radical (unpaired) electrons. The highest BCUT2D eigenvalue weighted by molar-refractivity contribution is 5.98. The number of esters is 1. The first-order valence-electron chi connectivity index (χ1n) is 18.6. The first kappa shape index (κ1) is 40.0. The lowest BCUT2D eigenvalue weighted by Gasteiger charge is -2.39. The van der Waals surface area contributed by atoms with Crippen molar-refractivity contribution in [2.75, 3.05) is 26.2 Å². The lowest BCUT2D eigenvalue weighted by Crippen LogP contribution is -2.62. The van der Waals surface area contributed by atoms with Gasteiger partial charge in [0.05, 0.1) is 0 Å². The van der Waals surface area contributed by atoms with Crippen LogP contribution in [0.5, 0.6) is 0 Å². The standard InChI is InChI=1S/C38H48F2N6O8/c1-3-4-5-6-14-32(47)42-27(20-24-18-25(39)21-26(40)19-24)33(48)43-28-22-54-38(53)31-13-10-17-46(31)35(50)23(2)41-34(49)29-11-7-8-15-44(29)37(52)30-12-9-16-45(30)36(28)51/h3,6,14,18-19,21,23,27-31H,1,4-5,7-13,15-17,20,22H2,2H3,(H,41,49)(H,42,47)(H,43,48)/b14-6+/t23-,27-,28-,29-,30-,31-/m0/s1. The van der Waals surface area contributed by atoms with Crippen molar-refractivity contribution in [1.29, 1.82) is 0 Å². The van der Waals surface area contributed by atoms with E-state index in [1.165, 1.54) is 27.7 Å². The molecule has 4 aliphatic heterocycles. The molecule has 54 heavy (non-hydrogen) atoms. The van der Waals surface area contributed by atoms with Crippen molar-refractivity contribution in [2.24, 2.45) is 0 Å². The highest BCUT2D eigenvalue weighted by atomic mass is 19.1. The normalized spacial score (nSPS) is 26.1. The second-order valence-corrected chi connectivity index (χ2v) is 14.2. The fraction of sp³-hybridized carbons (Fsp3) is 0.553. The first-order chi connectivity index (χ1) is 25.9. The van der Waals surface area contributed by atoms with Gasteiger partial charge in [-0.1, -0.05) is 12.2 Å². The summed E-state index contributed by atoms with van der Waals surface area (Å²) in [5.74, 6) is -6.41. The number of benzene rings is 1. The predicted molar refractivity (Wildman–Crippen MR) is 190 cm³/mol. The van der Waals surface area contributed by atoms with Crippen LogP contribution in [0, 0.1) is 11.6 Å². The number of unbranched alkanes of at least 4 members (excludes halogenated alkanes) is 1. The minimum absolute atomic E-state index is 0.0462. The smallest absolute Gasteiger partial charge is 0.328 e. The van der Waals surface area contributed by atoms with Crippen LogP contribution in [0.25, 0.3) is 0 Å². The van der Waals surface area contributed by atoms with E-state index < -0.39 is 95.9 Å². The number of halogens is 2. The van der Waals surface area contributed by atoms with E-state index in [2.05, 4.69) is 22.5 Å². The molecule has 0 aliphatic carbocycles. The summed E-state index contributed by atoms with van der Waals surface area (Å²) in [5.41, 5.74) is 0.0462. The van der Waals surface area contributed by atoms with E-state index in [1.54, 1.807) is 12.2 Å². The molecular formula is C38H48F2N6O8. The summed E-state index contributed by atoms with van der Waals surface area (Å²) in [4.78, 5) is 100. The van der Waals surface area contributed by atoms with Gasteiger partial charge in [-0.15, -0.1) is 6.58 Å². The molecule has 5 rings (SSSR count). The Morgan fingerprint density at radius 1 is 0.870 bits per heavy atom. The lowest BCUT2D eigenvalue weighted by molar-refractivity contribution is -0.158. The first-order valence-corrected chi connectivity index (χ1v) is 18.6. The van der Waals surface area contributed by atoms with Crippen LogP contribution in [0.3, 0.4) is 0 Å². The van der Waals surface area contributed by atoms with Crippen molar-refractivity contribution >= 4 is 41.4 Å². The van der Waals surface area contributed by atoms with Crippen LogP contribution in [0.1, 0.15) is 70.3 Å². The van der Waals surface area contributed by atoms with Gasteiger partial charge in [0.2, 0.25) is 35.4 Å². The Morgan fingerprint density at radius 2 is 1.50 bits per heavy atom. The second-order valence-electron chi connectivity index (χ2n) is 14.2. The number of allylic oxidation sites excluding steroid dienone is 2. The molecule has 0 unspecified atom stereocenters. The second kappa shape index (κ2) is 18.3. The number of ether oxygens (including phenoxy) is 1. The van der Waals surface area contributed by atoms with E-state index in [-0.39, 0.29) is 44.5 Å². The van der Waals surface area contributed by atoms with Gasteiger partial charge in [-0.25, -0.2) is 13.6 Å². The number of amides is 6. The van der Waals surface area contributed by atoms with E-state index in [0.717, 1.165) is 12.1 Å². The third-order valence-electron chi connectivity index (χ3n) is 10.3. The molecule has 0 spiro atoms. The third kappa shape index (κ3) is 9.68. The van der Waals surface area contributed by atoms with E-state index in [1.807, 2.05) is 0 Å². The highest BCUT2D eigenvalue weighted by Crippen LogP contribution is 2.27. The Morgan fingerprint density at radius 3 is 2.20 bits per heavy atom. The van der Waals surface area contributed by atoms with Crippen molar-refractivity contribution in [1.82, 2.24) is 30.7 Å². The Hall–Kier alpha value is -5.15. The molecule has 4 fully saturated rings. The summed E-state index contributed by atoms with van der Waals surface area (Å²) < 4.78 is 33.9. The molecule has 4 saturated heterocycles. The van der Waals surface area contributed by atoms with E-state index in [4.69, 9.17) is 4.74 Å². The topological polar surface area (TPSA) is 175 Å². The Bertz CT molecular complexity index is 1650. The molecule has 1 aromatic carbocycles. The third-order valence-corrected chi connectivity index (χ3v) is 10.3. The summed E-state index contributed by atoms with van der Waals surface area (Å²) >= 11 is 0. The maximum atomic E-state index is 14.3. The molecular weight excluding hydrogens is 706 g/mol. The SMILES string of the molecule is C=CCC/C=C/C(=O)N[C@@H](Cc1cc(F)cc(F)c1)C(=O)N[C@H]1COC(=O)[C@@H]2CCCN2C(=O)[C@H](C)NC(=O)[C@@H]2CCCCN2C(=O)[C@@H]2CCCN2C1=O. The summed E-state index contributed by atoms with van der Waals surface area (Å²) in [7, 11) is 0. The van der Waals surface area contributed by atoms with Gasteiger partial charge in [0, 0.05) is 32.1 Å². The number of carbonyl (C=O) groups is 7. The number of nitrogens with one attached hydrogen (secondary N) is 3. The van der Waals surface area contributed by atoms with E-state index in [0.29, 0.717) is 51.0 Å². The predicted octanol–water partition coefficient (Wildman–Crippen LogP) is 1.42. The van der Waals surface area contributed by atoms with Crippen molar-refractivity contribution < 1.29 is 47.1 Å². The maximum absolute atomic E-state index is 14.3. The summed E-state index contributed by atoms with van der Waals surface area (Å²) in [6.45, 7) is 5.12. The molecule has 3 N–H and O–H groups in total. The van der Waals surface area contributed by atoms with Crippen LogP contribution >= 0.6 is 0 Å². The monoisotopic (exact) mass is 754 g/mol. The maximum Gasteiger partial charge on any atom is 0.328 e. The van der Waals surface area contributed by atoms with Crippen LogP contribution in [0.4, 0.5) is 8.78 Å². The van der Waals surface area contributed by atoms with Gasteiger partial charge in [-0.05, 0) is 88.5 Å². The number of nitrogens with zero attached hydrogens (tertiary/aromatic N) is 3. The van der Waals surface area contributed by atoms with Crippen LogP contribution < -0.4 is 16.0 Å². The van der Waals surface area contributed by atoms with Crippen molar-refractivity contribution in [2.45, 2.75) is 107 Å². The minimum Gasteiger partial charge on any atom is -0.461 e. The zero-order valence-corrected chi connectivity index (χ0v) is 30.4. The van der Waals surface area contributed by atoms with Crippen LogP contribution in [-0.2, 0) is 44.7 Å². The van der Waals surface area contributed by atoms with Gasteiger partial charge in [-0.2, -0.15) is 0 Å². The molecule has 0 saturated carbocycles. The van der Waals surface area contributed by atoms with Gasteiger partial charge in [-0.3, -0.25) is 28.8 Å². The molecule has 6 atom stereocenters. The largest absolute Gasteiger partial charge is 0.461 e. The zero-order valence-electron chi connectivity index (χ0n) is 30.4. The fourth-order valence-corrected chi connectivity index (χ4v) is 7.55. The molecule has 1 aromatic rings. The zero-order chi connectivity index (χ0) is 38.9. The van der Waals surface area contributed by atoms with Crippen LogP contribution in [0.15, 0.2) is 43.0 Å². The van der Waals surface area contributed by atoms with E-state index >= 15 is 0 Å². The average Bonchev–Trinajstić information content (AvgIpc) is 3.84. The number of carbonyl (C=O) groups excluding carboxylic acids is 7. The quantitative estimate of drug-likeness (QED) is 0.147. The number of cyclic esters (lactones) is 1. The van der Waals surface area contributed by atoms with E-state index in [9.17, 15) is 42.3 Å². The van der Waals surface area contributed by atoms with Crippen LogP contribution in [0.2, 0.25) is 0 Å². The molecule has 16 heteroatoms. The highest BCUT2D eigenvalue weighted by Gasteiger charge is 2.45. The lowest BCUT2D eigenvalue weighted by atomic mass is 9.99. The minimum atomic E-state index is -1.56. The van der Waals surface area contributed by atoms with Gasteiger partial charge in [0.1, 0.15) is 54.5 Å². The number of rotatable bonds is 9. The Labute approximate surface area is 312 Å². The number of hydrogen-bond donors (Lipinski definition) is 3. The summed E-state index contributed by atoms with van der Waals surface area (Å²) in [6, 6.07) is -4.17. The van der Waals surface area contributed by atoms with Crippen molar-refractivity contribution in [3.05, 3.63) is 60.2 Å².